The lowest BCUT2D eigenvalue weighted by Gasteiger charge is -2.30. The van der Waals surface area contributed by atoms with Gasteiger partial charge in [-0.1, -0.05) is 12.1 Å². The topological polar surface area (TPSA) is 76.3 Å². The third kappa shape index (κ3) is 4.71. The van der Waals surface area contributed by atoms with Gasteiger partial charge < -0.3 is 15.5 Å². The van der Waals surface area contributed by atoms with E-state index in [-0.39, 0.29) is 12.1 Å². The van der Waals surface area contributed by atoms with E-state index >= 15 is 0 Å². The standard InChI is InChI=1S/C18H16F4N2O2/c1-17(26,9-11-2-5-13(19)6-3-11)16(25)24-14-7-4-12(10-23)15(8-14)18(20,21)22/h2-8,16,24-26H,9H2,1H3/t16?,17-/m0/s1. The number of hydrogen-bond donors (Lipinski definition) is 3. The Bertz CT molecular complexity index is 811. The normalized spacial score (nSPS) is 15.0. The molecule has 0 spiro atoms. The zero-order valence-corrected chi connectivity index (χ0v) is 13.7. The maximum Gasteiger partial charge on any atom is 0.417 e. The number of anilines is 1. The Morgan fingerprint density at radius 3 is 2.31 bits per heavy atom. The molecule has 3 N–H and O–H groups in total. The van der Waals surface area contributed by atoms with Crippen LogP contribution in [0.3, 0.4) is 0 Å². The first-order valence-electron chi connectivity index (χ1n) is 7.56. The van der Waals surface area contributed by atoms with Gasteiger partial charge in [-0.05, 0) is 42.8 Å². The van der Waals surface area contributed by atoms with Gasteiger partial charge in [-0.3, -0.25) is 0 Å². The highest BCUT2D eigenvalue weighted by Crippen LogP contribution is 2.34. The predicted octanol–water partition coefficient (Wildman–Crippen LogP) is 3.44. The SMILES string of the molecule is C[C@](O)(Cc1ccc(F)cc1)C(O)Nc1ccc(C#N)c(C(F)(F)F)c1. The highest BCUT2D eigenvalue weighted by Gasteiger charge is 2.35. The number of nitrogens with one attached hydrogen (secondary N) is 1. The minimum atomic E-state index is -4.73. The summed E-state index contributed by atoms with van der Waals surface area (Å²) in [5, 5.41) is 31.8. The van der Waals surface area contributed by atoms with Crippen LogP contribution in [0.25, 0.3) is 0 Å². The summed E-state index contributed by atoms with van der Waals surface area (Å²) < 4.78 is 51.9. The third-order valence-electron chi connectivity index (χ3n) is 3.81. The Kier molecular flexibility index (Phi) is 5.54. The molecule has 0 amide bonds. The summed E-state index contributed by atoms with van der Waals surface area (Å²) >= 11 is 0. The van der Waals surface area contributed by atoms with E-state index in [2.05, 4.69) is 5.32 Å². The molecule has 138 valence electrons. The largest absolute Gasteiger partial charge is 0.417 e. The zero-order chi connectivity index (χ0) is 19.5. The fourth-order valence-corrected chi connectivity index (χ4v) is 2.39. The number of hydrogen-bond acceptors (Lipinski definition) is 4. The molecule has 0 heterocycles. The van der Waals surface area contributed by atoms with Crippen LogP contribution in [0.15, 0.2) is 42.5 Å². The van der Waals surface area contributed by atoms with Gasteiger partial charge in [-0.15, -0.1) is 0 Å². The first-order chi connectivity index (χ1) is 12.0. The molecule has 0 aliphatic carbocycles. The summed E-state index contributed by atoms with van der Waals surface area (Å²) in [4.78, 5) is 0. The molecule has 0 saturated carbocycles. The van der Waals surface area contributed by atoms with Gasteiger partial charge in [-0.2, -0.15) is 18.4 Å². The number of benzene rings is 2. The highest BCUT2D eigenvalue weighted by atomic mass is 19.4. The van der Waals surface area contributed by atoms with Crippen molar-refractivity contribution in [3.63, 3.8) is 0 Å². The van der Waals surface area contributed by atoms with Gasteiger partial charge in [0.15, 0.2) is 6.23 Å². The summed E-state index contributed by atoms with van der Waals surface area (Å²) in [6.07, 6.45) is -6.41. The lowest BCUT2D eigenvalue weighted by atomic mass is 9.94. The van der Waals surface area contributed by atoms with Crippen molar-refractivity contribution in [2.24, 2.45) is 0 Å². The van der Waals surface area contributed by atoms with Crippen LogP contribution < -0.4 is 5.32 Å². The molecule has 4 nitrogen and oxygen atoms in total. The van der Waals surface area contributed by atoms with E-state index < -0.39 is 34.9 Å². The second kappa shape index (κ2) is 7.32. The Morgan fingerprint density at radius 1 is 1.15 bits per heavy atom. The summed E-state index contributed by atoms with van der Waals surface area (Å²) in [6.45, 7) is 1.29. The van der Waals surface area contributed by atoms with Crippen LogP contribution in [0.4, 0.5) is 23.2 Å². The van der Waals surface area contributed by atoms with Crippen molar-refractivity contribution < 1.29 is 27.8 Å². The van der Waals surface area contributed by atoms with Crippen LogP contribution in [-0.2, 0) is 12.6 Å². The van der Waals surface area contributed by atoms with Gasteiger partial charge >= 0.3 is 6.18 Å². The van der Waals surface area contributed by atoms with Crippen LogP contribution in [0, 0.1) is 17.1 Å². The number of aliphatic hydroxyl groups is 2. The Labute approximate surface area is 147 Å². The molecule has 8 heteroatoms. The molecule has 2 atom stereocenters. The minimum Gasteiger partial charge on any atom is -0.385 e. The van der Waals surface area contributed by atoms with Crippen molar-refractivity contribution in [1.29, 1.82) is 5.26 Å². The fourth-order valence-electron chi connectivity index (χ4n) is 2.39. The van der Waals surface area contributed by atoms with E-state index in [9.17, 15) is 27.8 Å². The van der Waals surface area contributed by atoms with Crippen molar-refractivity contribution in [3.8, 4) is 6.07 Å². The van der Waals surface area contributed by atoms with Crippen LogP contribution >= 0.6 is 0 Å². The van der Waals surface area contributed by atoms with E-state index in [1.807, 2.05) is 0 Å². The molecule has 1 unspecified atom stereocenters. The molecule has 0 aromatic heterocycles. The molecular formula is C18H16F4N2O2. The monoisotopic (exact) mass is 368 g/mol. The van der Waals surface area contributed by atoms with Crippen LogP contribution in [0.1, 0.15) is 23.6 Å². The Morgan fingerprint density at radius 2 is 1.77 bits per heavy atom. The van der Waals surface area contributed by atoms with Crippen molar-refractivity contribution in [2.45, 2.75) is 31.3 Å². The van der Waals surface area contributed by atoms with Crippen molar-refractivity contribution >= 4 is 5.69 Å². The van der Waals surface area contributed by atoms with Gasteiger partial charge in [0.2, 0.25) is 0 Å². The van der Waals surface area contributed by atoms with Crippen LogP contribution in [0.2, 0.25) is 0 Å². The highest BCUT2D eigenvalue weighted by molar-refractivity contribution is 5.53. The smallest absolute Gasteiger partial charge is 0.385 e. The molecule has 2 aromatic carbocycles. The number of halogens is 4. The lowest BCUT2D eigenvalue weighted by molar-refractivity contribution is -0.137. The molecule has 0 aliphatic heterocycles. The number of aliphatic hydroxyl groups excluding tert-OH is 1. The molecule has 0 fully saturated rings. The van der Waals surface area contributed by atoms with Crippen LogP contribution in [-0.4, -0.2) is 22.0 Å². The van der Waals surface area contributed by atoms with Gasteiger partial charge in [0.05, 0.1) is 17.2 Å². The zero-order valence-electron chi connectivity index (χ0n) is 13.7. The first-order valence-corrected chi connectivity index (χ1v) is 7.56. The van der Waals surface area contributed by atoms with Crippen molar-refractivity contribution in [2.75, 3.05) is 5.32 Å². The number of nitriles is 1. The average Bonchev–Trinajstić information content (AvgIpc) is 2.56. The summed E-state index contributed by atoms with van der Waals surface area (Å²) in [6, 6.07) is 9.58. The molecule has 0 bridgehead atoms. The van der Waals surface area contributed by atoms with Crippen molar-refractivity contribution in [3.05, 3.63) is 65.0 Å². The van der Waals surface area contributed by atoms with E-state index in [4.69, 9.17) is 5.26 Å². The molecule has 2 aromatic rings. The molecule has 26 heavy (non-hydrogen) atoms. The molecular weight excluding hydrogens is 352 g/mol. The Balaban J connectivity index is 2.19. The van der Waals surface area contributed by atoms with Gasteiger partial charge in [0, 0.05) is 12.1 Å². The predicted molar refractivity (Wildman–Crippen MR) is 86.5 cm³/mol. The Hall–Kier alpha value is -2.63. The summed E-state index contributed by atoms with van der Waals surface area (Å²) in [5.74, 6) is -0.454. The van der Waals surface area contributed by atoms with Gasteiger partial charge in [0.25, 0.3) is 0 Å². The number of alkyl halides is 3. The average molecular weight is 368 g/mol. The van der Waals surface area contributed by atoms with E-state index in [1.165, 1.54) is 43.3 Å². The van der Waals surface area contributed by atoms with Crippen molar-refractivity contribution in [1.82, 2.24) is 0 Å². The second-order valence-corrected chi connectivity index (χ2v) is 6.08. The second-order valence-electron chi connectivity index (χ2n) is 6.08. The minimum absolute atomic E-state index is 0.0656. The molecule has 2 rings (SSSR count). The number of nitrogens with zero attached hydrogens (tertiary/aromatic N) is 1. The van der Waals surface area contributed by atoms with E-state index in [0.717, 1.165) is 6.07 Å². The summed E-state index contributed by atoms with van der Waals surface area (Å²) in [5.41, 5.74) is -3.01. The van der Waals surface area contributed by atoms with E-state index in [1.54, 1.807) is 0 Å². The van der Waals surface area contributed by atoms with Gasteiger partial charge in [-0.25, -0.2) is 4.39 Å². The quantitative estimate of drug-likeness (QED) is 0.558. The lowest BCUT2D eigenvalue weighted by Crippen LogP contribution is -2.46. The molecule has 0 saturated heterocycles. The van der Waals surface area contributed by atoms with E-state index in [0.29, 0.717) is 11.6 Å². The third-order valence-corrected chi connectivity index (χ3v) is 3.81. The molecule has 0 aliphatic rings. The first kappa shape index (κ1) is 19.7. The maximum atomic E-state index is 13.0. The van der Waals surface area contributed by atoms with Gasteiger partial charge in [0.1, 0.15) is 11.4 Å². The summed E-state index contributed by atoms with van der Waals surface area (Å²) in [7, 11) is 0. The van der Waals surface area contributed by atoms with Crippen LogP contribution in [0.5, 0.6) is 0 Å². The molecule has 0 radical (unpaired) electrons. The maximum absolute atomic E-state index is 13.0. The number of rotatable bonds is 5. The fraction of sp³-hybridized carbons (Fsp3) is 0.278.